The zero-order chi connectivity index (χ0) is 14.8. The van der Waals surface area contributed by atoms with E-state index in [4.69, 9.17) is 0 Å². The van der Waals surface area contributed by atoms with Crippen molar-refractivity contribution in [1.29, 1.82) is 5.26 Å². The molecule has 0 aliphatic heterocycles. The van der Waals surface area contributed by atoms with Crippen molar-refractivity contribution in [2.24, 2.45) is 0 Å². The van der Waals surface area contributed by atoms with E-state index in [1.807, 2.05) is 25.1 Å². The van der Waals surface area contributed by atoms with Crippen LogP contribution in [0.2, 0.25) is 0 Å². The molecule has 0 heterocycles. The highest BCUT2D eigenvalue weighted by Gasteiger charge is 2.39. The van der Waals surface area contributed by atoms with Crippen LogP contribution in [0, 0.1) is 18.3 Å². The normalized spacial score (nSPS) is 17.3. The van der Waals surface area contributed by atoms with Gasteiger partial charge in [0.05, 0.1) is 6.07 Å². The first-order valence-corrected chi connectivity index (χ1v) is 7.76. The third kappa shape index (κ3) is 2.60. The Balaban J connectivity index is 2.32. The summed E-state index contributed by atoms with van der Waals surface area (Å²) in [6.45, 7) is 1.92. The summed E-state index contributed by atoms with van der Waals surface area (Å²) in [5.41, 5.74) is 0.958. The largest absolute Gasteiger partial charge is 0.323 e. The van der Waals surface area contributed by atoms with E-state index in [0.29, 0.717) is 5.56 Å². The molecule has 1 aromatic carbocycles. The average molecular weight is 335 g/mol. The standard InChI is InChI=1S/C16H19BrN2O/c1-12-13(7-6-8-14(12)17)15(20)19(2)16(11-18)9-4-3-5-10-16/h6-8H,3-5,9-10H2,1-2H3. The molecular weight excluding hydrogens is 316 g/mol. The molecule has 0 saturated heterocycles. The zero-order valence-corrected chi connectivity index (χ0v) is 13.5. The fourth-order valence-corrected chi connectivity index (χ4v) is 3.24. The molecule has 2 rings (SSSR count). The molecule has 0 atom stereocenters. The van der Waals surface area contributed by atoms with Crippen molar-refractivity contribution in [2.45, 2.75) is 44.6 Å². The Bertz CT molecular complexity index is 556. The number of benzene rings is 1. The molecule has 0 unspecified atom stereocenters. The van der Waals surface area contributed by atoms with E-state index in [2.05, 4.69) is 22.0 Å². The number of nitrogens with zero attached hydrogens (tertiary/aromatic N) is 2. The van der Waals surface area contributed by atoms with Gasteiger partial charge in [-0.05, 0) is 37.5 Å². The molecule has 106 valence electrons. The van der Waals surface area contributed by atoms with Crippen LogP contribution in [0.1, 0.15) is 48.0 Å². The number of carbonyl (C=O) groups excluding carboxylic acids is 1. The summed E-state index contributed by atoms with van der Waals surface area (Å²) >= 11 is 3.45. The second-order valence-electron chi connectivity index (χ2n) is 5.48. The minimum atomic E-state index is -0.635. The quantitative estimate of drug-likeness (QED) is 0.818. The summed E-state index contributed by atoms with van der Waals surface area (Å²) < 4.78 is 0.923. The van der Waals surface area contributed by atoms with Crippen molar-refractivity contribution in [3.05, 3.63) is 33.8 Å². The second-order valence-corrected chi connectivity index (χ2v) is 6.33. The predicted octanol–water partition coefficient (Wildman–Crippen LogP) is 4.06. The summed E-state index contributed by atoms with van der Waals surface area (Å²) in [7, 11) is 1.76. The van der Waals surface area contributed by atoms with Crippen LogP contribution in [-0.4, -0.2) is 23.4 Å². The number of rotatable bonds is 2. The summed E-state index contributed by atoms with van der Waals surface area (Å²) in [5, 5.41) is 9.58. The van der Waals surface area contributed by atoms with Gasteiger partial charge in [0.1, 0.15) is 5.54 Å². The van der Waals surface area contributed by atoms with Crippen LogP contribution in [-0.2, 0) is 0 Å². The lowest BCUT2D eigenvalue weighted by Crippen LogP contribution is -2.50. The highest BCUT2D eigenvalue weighted by atomic mass is 79.9. The summed E-state index contributed by atoms with van der Waals surface area (Å²) in [4.78, 5) is 14.4. The van der Waals surface area contributed by atoms with Gasteiger partial charge < -0.3 is 4.90 Å². The molecule has 1 aromatic rings. The monoisotopic (exact) mass is 334 g/mol. The van der Waals surface area contributed by atoms with Gasteiger partial charge in [-0.15, -0.1) is 0 Å². The Morgan fingerprint density at radius 2 is 2.00 bits per heavy atom. The number of hydrogen-bond donors (Lipinski definition) is 0. The Morgan fingerprint density at radius 1 is 1.35 bits per heavy atom. The fourth-order valence-electron chi connectivity index (χ4n) is 2.87. The van der Waals surface area contributed by atoms with Gasteiger partial charge in [-0.3, -0.25) is 4.79 Å². The molecule has 1 aliphatic rings. The topological polar surface area (TPSA) is 44.1 Å². The highest BCUT2D eigenvalue weighted by Crippen LogP contribution is 2.34. The maximum absolute atomic E-state index is 12.7. The van der Waals surface area contributed by atoms with Crippen molar-refractivity contribution in [3.8, 4) is 6.07 Å². The van der Waals surface area contributed by atoms with Crippen LogP contribution >= 0.6 is 15.9 Å². The molecule has 1 aliphatic carbocycles. The molecule has 4 heteroatoms. The van der Waals surface area contributed by atoms with Crippen molar-refractivity contribution in [1.82, 2.24) is 4.90 Å². The first-order chi connectivity index (χ1) is 9.52. The Morgan fingerprint density at radius 3 is 2.60 bits per heavy atom. The second kappa shape index (κ2) is 5.97. The van der Waals surface area contributed by atoms with Crippen LogP contribution in [0.3, 0.4) is 0 Å². The van der Waals surface area contributed by atoms with Crippen molar-refractivity contribution in [2.75, 3.05) is 7.05 Å². The summed E-state index contributed by atoms with van der Waals surface area (Å²) in [6, 6.07) is 8.00. The SMILES string of the molecule is Cc1c(Br)cccc1C(=O)N(C)C1(C#N)CCCCC1. The van der Waals surface area contributed by atoms with Crippen molar-refractivity contribution < 1.29 is 4.79 Å². The van der Waals surface area contributed by atoms with Crippen LogP contribution in [0.4, 0.5) is 0 Å². The molecule has 0 N–H and O–H groups in total. The Hall–Kier alpha value is -1.34. The predicted molar refractivity (Wildman–Crippen MR) is 82.4 cm³/mol. The molecule has 1 saturated carbocycles. The molecule has 0 aromatic heterocycles. The van der Waals surface area contributed by atoms with Crippen molar-refractivity contribution in [3.63, 3.8) is 0 Å². The van der Waals surface area contributed by atoms with E-state index in [1.165, 1.54) is 0 Å². The van der Waals surface area contributed by atoms with Gasteiger partial charge in [0.25, 0.3) is 5.91 Å². The van der Waals surface area contributed by atoms with E-state index in [-0.39, 0.29) is 5.91 Å². The minimum absolute atomic E-state index is 0.0627. The van der Waals surface area contributed by atoms with E-state index < -0.39 is 5.54 Å². The van der Waals surface area contributed by atoms with Gasteiger partial charge in [0.15, 0.2) is 0 Å². The number of hydrogen-bond acceptors (Lipinski definition) is 2. The summed E-state index contributed by atoms with van der Waals surface area (Å²) in [5.74, 6) is -0.0627. The van der Waals surface area contributed by atoms with E-state index >= 15 is 0 Å². The van der Waals surface area contributed by atoms with Crippen LogP contribution in [0.5, 0.6) is 0 Å². The third-order valence-corrected chi connectivity index (χ3v) is 5.19. The first-order valence-electron chi connectivity index (χ1n) is 6.96. The molecule has 0 radical (unpaired) electrons. The van der Waals surface area contributed by atoms with Gasteiger partial charge in [0, 0.05) is 17.1 Å². The van der Waals surface area contributed by atoms with E-state index in [0.717, 1.165) is 42.1 Å². The Kier molecular flexibility index (Phi) is 4.49. The molecule has 1 fully saturated rings. The average Bonchev–Trinajstić information content (AvgIpc) is 2.49. The molecular formula is C16H19BrN2O. The highest BCUT2D eigenvalue weighted by molar-refractivity contribution is 9.10. The van der Waals surface area contributed by atoms with Gasteiger partial charge >= 0.3 is 0 Å². The van der Waals surface area contributed by atoms with Crippen molar-refractivity contribution >= 4 is 21.8 Å². The molecule has 0 bridgehead atoms. The lowest BCUT2D eigenvalue weighted by Gasteiger charge is -2.39. The third-order valence-electron chi connectivity index (χ3n) is 4.33. The molecule has 1 amide bonds. The maximum atomic E-state index is 12.7. The van der Waals surface area contributed by atoms with Gasteiger partial charge in [-0.1, -0.05) is 41.3 Å². The van der Waals surface area contributed by atoms with Gasteiger partial charge in [-0.25, -0.2) is 0 Å². The first kappa shape index (κ1) is 15.1. The Labute approximate surface area is 128 Å². The lowest BCUT2D eigenvalue weighted by molar-refractivity contribution is 0.0588. The van der Waals surface area contributed by atoms with Gasteiger partial charge in [-0.2, -0.15) is 5.26 Å². The summed E-state index contributed by atoms with van der Waals surface area (Å²) in [6.07, 6.45) is 4.74. The zero-order valence-electron chi connectivity index (χ0n) is 11.9. The number of nitriles is 1. The smallest absolute Gasteiger partial charge is 0.255 e. The number of amides is 1. The number of halogens is 1. The minimum Gasteiger partial charge on any atom is -0.323 e. The maximum Gasteiger partial charge on any atom is 0.255 e. The molecule has 3 nitrogen and oxygen atoms in total. The van der Waals surface area contributed by atoms with Gasteiger partial charge in [0.2, 0.25) is 0 Å². The van der Waals surface area contributed by atoms with Crippen LogP contribution < -0.4 is 0 Å². The van der Waals surface area contributed by atoms with E-state index in [9.17, 15) is 10.1 Å². The van der Waals surface area contributed by atoms with Crippen LogP contribution in [0.15, 0.2) is 22.7 Å². The molecule has 20 heavy (non-hydrogen) atoms. The van der Waals surface area contributed by atoms with E-state index in [1.54, 1.807) is 11.9 Å². The molecule has 0 spiro atoms. The number of carbonyl (C=O) groups is 1. The fraction of sp³-hybridized carbons (Fsp3) is 0.500. The van der Waals surface area contributed by atoms with Crippen LogP contribution in [0.25, 0.3) is 0 Å². The lowest BCUT2D eigenvalue weighted by atomic mass is 9.81.